The van der Waals surface area contributed by atoms with E-state index in [9.17, 15) is 9.59 Å². The van der Waals surface area contributed by atoms with Crippen molar-refractivity contribution < 1.29 is 19.1 Å². The van der Waals surface area contributed by atoms with Gasteiger partial charge in [-0.2, -0.15) is 0 Å². The van der Waals surface area contributed by atoms with Gasteiger partial charge in [0.25, 0.3) is 0 Å². The topological polar surface area (TPSA) is 52.6 Å². The van der Waals surface area contributed by atoms with Gasteiger partial charge < -0.3 is 9.47 Å². The number of hydrogen-bond acceptors (Lipinski definition) is 4. The summed E-state index contributed by atoms with van der Waals surface area (Å²) in [6, 6.07) is 0. The highest BCUT2D eigenvalue weighted by atomic mass is 16.8. The first-order chi connectivity index (χ1) is 10.1. The van der Waals surface area contributed by atoms with Crippen LogP contribution in [0.3, 0.4) is 0 Å². The Morgan fingerprint density at radius 3 is 2.50 bits per heavy atom. The second-order valence-electron chi connectivity index (χ2n) is 7.99. The minimum absolute atomic E-state index is 0.146. The van der Waals surface area contributed by atoms with Gasteiger partial charge in [-0.15, -0.1) is 6.58 Å². The van der Waals surface area contributed by atoms with Crippen LogP contribution >= 0.6 is 0 Å². The van der Waals surface area contributed by atoms with Gasteiger partial charge in [0.1, 0.15) is 11.6 Å². The number of Topliss-reactive ketones (excluding diaryl/α,β-unsaturated/α-hetero) is 2. The molecule has 5 atom stereocenters. The fourth-order valence-electron chi connectivity index (χ4n) is 4.99. The summed E-state index contributed by atoms with van der Waals surface area (Å²) in [5.41, 5.74) is -1.10. The molecule has 22 heavy (non-hydrogen) atoms. The van der Waals surface area contributed by atoms with E-state index in [1.54, 1.807) is 6.08 Å². The molecule has 3 fully saturated rings. The summed E-state index contributed by atoms with van der Waals surface area (Å²) in [6.45, 7) is 11.6. The van der Waals surface area contributed by atoms with Crippen LogP contribution in [0.5, 0.6) is 0 Å². The molecule has 1 saturated heterocycles. The molecule has 4 heteroatoms. The van der Waals surface area contributed by atoms with E-state index in [1.807, 2.05) is 27.7 Å². The highest BCUT2D eigenvalue weighted by Gasteiger charge is 2.65. The minimum atomic E-state index is -0.698. The zero-order chi connectivity index (χ0) is 16.3. The van der Waals surface area contributed by atoms with Crippen LogP contribution in [0.25, 0.3) is 0 Å². The Labute approximate surface area is 132 Å². The lowest BCUT2D eigenvalue weighted by molar-refractivity contribution is -0.178. The molecule has 0 aromatic heterocycles. The normalized spacial score (nSPS) is 47.0. The zero-order valence-corrected chi connectivity index (χ0v) is 14.0. The molecular formula is C18H26O4. The van der Waals surface area contributed by atoms with E-state index < -0.39 is 16.6 Å². The second-order valence-corrected chi connectivity index (χ2v) is 7.99. The van der Waals surface area contributed by atoms with Crippen LogP contribution in [0.1, 0.15) is 53.4 Å². The number of ketones is 2. The summed E-state index contributed by atoms with van der Waals surface area (Å²) < 4.78 is 12.1. The lowest BCUT2D eigenvalue weighted by atomic mass is 9.48. The molecule has 0 unspecified atom stereocenters. The predicted octanol–water partition coefficient (Wildman–Crippen LogP) is 3.05. The average molecular weight is 306 g/mol. The lowest BCUT2D eigenvalue weighted by Gasteiger charge is -2.55. The number of fused-ring (bicyclic) bond motifs is 3. The number of carbonyl (C=O) groups is 2. The van der Waals surface area contributed by atoms with Crippen molar-refractivity contribution in [2.45, 2.75) is 71.4 Å². The first-order valence-electron chi connectivity index (χ1n) is 8.17. The maximum absolute atomic E-state index is 12.8. The van der Waals surface area contributed by atoms with E-state index >= 15 is 0 Å². The molecule has 0 amide bonds. The third kappa shape index (κ3) is 2.04. The van der Waals surface area contributed by atoms with Crippen LogP contribution in [-0.2, 0) is 19.1 Å². The summed E-state index contributed by atoms with van der Waals surface area (Å²) in [7, 11) is 0. The lowest BCUT2D eigenvalue weighted by Crippen LogP contribution is -2.62. The number of ether oxygens (including phenoxy) is 2. The van der Waals surface area contributed by atoms with Gasteiger partial charge in [0.15, 0.2) is 5.79 Å². The Morgan fingerprint density at radius 1 is 1.18 bits per heavy atom. The van der Waals surface area contributed by atoms with Gasteiger partial charge >= 0.3 is 0 Å². The maximum atomic E-state index is 12.8. The summed E-state index contributed by atoms with van der Waals surface area (Å²) in [6.07, 6.45) is 3.40. The van der Waals surface area contributed by atoms with E-state index in [0.29, 0.717) is 25.7 Å². The first-order valence-corrected chi connectivity index (χ1v) is 8.17. The molecule has 3 rings (SSSR count). The van der Waals surface area contributed by atoms with E-state index in [-0.39, 0.29) is 29.7 Å². The SMILES string of the molecule is C=CC[C@]1(C)C(=O)CC[C@]2(C)C(=O)C[C@@H]3OC(C)(C)O[C@H]3[C@H]12. The number of rotatable bonds is 2. The molecule has 2 saturated carbocycles. The third-order valence-corrected chi connectivity index (χ3v) is 6.02. The summed E-state index contributed by atoms with van der Waals surface area (Å²) in [5.74, 6) is -0.414. The Morgan fingerprint density at radius 2 is 1.86 bits per heavy atom. The van der Waals surface area contributed by atoms with Crippen molar-refractivity contribution in [2.75, 3.05) is 0 Å². The highest BCUT2D eigenvalue weighted by Crippen LogP contribution is 2.59. The Kier molecular flexibility index (Phi) is 3.43. The monoisotopic (exact) mass is 306 g/mol. The quantitative estimate of drug-likeness (QED) is 0.736. The van der Waals surface area contributed by atoms with Crippen LogP contribution in [-0.4, -0.2) is 29.6 Å². The second kappa shape index (κ2) is 4.75. The minimum Gasteiger partial charge on any atom is -0.344 e. The van der Waals surface area contributed by atoms with Crippen molar-refractivity contribution in [3.8, 4) is 0 Å². The number of hydrogen-bond donors (Lipinski definition) is 0. The van der Waals surface area contributed by atoms with Crippen LogP contribution in [0, 0.1) is 16.7 Å². The molecule has 3 aliphatic rings. The average Bonchev–Trinajstić information content (AvgIpc) is 2.69. The van der Waals surface area contributed by atoms with E-state index in [2.05, 4.69) is 6.58 Å². The molecule has 0 aromatic carbocycles. The van der Waals surface area contributed by atoms with Crippen molar-refractivity contribution in [1.29, 1.82) is 0 Å². The van der Waals surface area contributed by atoms with E-state index in [1.165, 1.54) is 0 Å². The van der Waals surface area contributed by atoms with Crippen LogP contribution < -0.4 is 0 Å². The molecule has 0 aromatic rings. The third-order valence-electron chi connectivity index (χ3n) is 6.02. The van der Waals surface area contributed by atoms with Crippen molar-refractivity contribution in [3.05, 3.63) is 12.7 Å². The molecule has 0 spiro atoms. The predicted molar refractivity (Wildman–Crippen MR) is 82.2 cm³/mol. The van der Waals surface area contributed by atoms with Crippen LogP contribution in [0.4, 0.5) is 0 Å². The molecule has 0 N–H and O–H groups in total. The smallest absolute Gasteiger partial charge is 0.163 e. The fraction of sp³-hybridized carbons (Fsp3) is 0.778. The van der Waals surface area contributed by atoms with E-state index in [4.69, 9.17) is 9.47 Å². The van der Waals surface area contributed by atoms with Gasteiger partial charge in [0, 0.05) is 29.6 Å². The van der Waals surface area contributed by atoms with Gasteiger partial charge in [0.2, 0.25) is 0 Å². The molecule has 1 aliphatic heterocycles. The Balaban J connectivity index is 2.09. The maximum Gasteiger partial charge on any atom is 0.163 e. The highest BCUT2D eigenvalue weighted by molar-refractivity contribution is 5.93. The van der Waals surface area contributed by atoms with Gasteiger partial charge in [-0.1, -0.05) is 19.9 Å². The van der Waals surface area contributed by atoms with Gasteiger partial charge in [-0.3, -0.25) is 9.59 Å². The first kappa shape index (κ1) is 15.9. The van der Waals surface area contributed by atoms with Crippen molar-refractivity contribution in [3.63, 3.8) is 0 Å². The van der Waals surface area contributed by atoms with Gasteiger partial charge in [0.05, 0.1) is 12.2 Å². The molecule has 0 radical (unpaired) electrons. The van der Waals surface area contributed by atoms with Gasteiger partial charge in [-0.05, 0) is 26.7 Å². The number of carbonyl (C=O) groups excluding carboxylic acids is 2. The van der Waals surface area contributed by atoms with Crippen LogP contribution in [0.15, 0.2) is 12.7 Å². The van der Waals surface area contributed by atoms with E-state index in [0.717, 1.165) is 0 Å². The fourth-order valence-corrected chi connectivity index (χ4v) is 4.99. The molecular weight excluding hydrogens is 280 g/mol. The van der Waals surface area contributed by atoms with Gasteiger partial charge in [-0.25, -0.2) is 0 Å². The largest absolute Gasteiger partial charge is 0.344 e. The van der Waals surface area contributed by atoms with Crippen molar-refractivity contribution in [1.82, 2.24) is 0 Å². The summed E-state index contributed by atoms with van der Waals surface area (Å²) in [4.78, 5) is 25.5. The molecule has 122 valence electrons. The Bertz CT molecular complexity index is 537. The summed E-state index contributed by atoms with van der Waals surface area (Å²) in [5, 5.41) is 0. The summed E-state index contributed by atoms with van der Waals surface area (Å²) >= 11 is 0. The molecule has 0 bridgehead atoms. The zero-order valence-electron chi connectivity index (χ0n) is 14.0. The standard InChI is InChI=1S/C18H26O4/c1-6-8-17(4)12(19)7-9-18(5)13(20)10-11-14(15(17)18)22-16(2,3)21-11/h6,11,14-15H,1,7-10H2,2-5H3/t11-,14+,15+,17+,18+/m0/s1. The van der Waals surface area contributed by atoms with Crippen molar-refractivity contribution >= 4 is 11.6 Å². The molecule has 1 heterocycles. The van der Waals surface area contributed by atoms with Crippen LogP contribution in [0.2, 0.25) is 0 Å². The molecule has 2 aliphatic carbocycles. The van der Waals surface area contributed by atoms with Crippen molar-refractivity contribution in [2.24, 2.45) is 16.7 Å². The number of allylic oxidation sites excluding steroid dienone is 1. The Hall–Kier alpha value is -1.00. The molecule has 4 nitrogen and oxygen atoms in total.